The summed E-state index contributed by atoms with van der Waals surface area (Å²) in [5.74, 6) is 0. The zero-order chi connectivity index (χ0) is 7.68. The maximum absolute atomic E-state index is 3.22. The lowest BCUT2D eigenvalue weighted by Crippen LogP contribution is -1.73. The standard InChI is InChI=1S/C10H10N/c1-2-8-7-11-10-6-4-3-5-9(8)10/h4-7,11H,2H2,1H3. The second-order valence-corrected chi connectivity index (χ2v) is 2.64. The molecule has 1 nitrogen and oxygen atoms in total. The van der Waals surface area contributed by atoms with E-state index in [-0.39, 0.29) is 0 Å². The van der Waals surface area contributed by atoms with Gasteiger partial charge in [-0.1, -0.05) is 13.0 Å². The maximum atomic E-state index is 3.22. The van der Waals surface area contributed by atoms with Gasteiger partial charge in [0.2, 0.25) is 0 Å². The molecule has 1 heterocycles. The molecule has 1 N–H and O–H groups in total. The van der Waals surface area contributed by atoms with E-state index >= 15 is 0 Å². The lowest BCUT2D eigenvalue weighted by Gasteiger charge is -1.90. The Balaban J connectivity index is 2.76. The van der Waals surface area contributed by atoms with Crippen LogP contribution >= 0.6 is 0 Å². The van der Waals surface area contributed by atoms with Crippen molar-refractivity contribution in [3.63, 3.8) is 0 Å². The van der Waals surface area contributed by atoms with Crippen LogP contribution in [0.2, 0.25) is 0 Å². The number of aromatic amines is 1. The van der Waals surface area contributed by atoms with Gasteiger partial charge in [0.05, 0.1) is 0 Å². The maximum Gasteiger partial charge on any atom is 0.0457 e. The monoisotopic (exact) mass is 144 g/mol. The van der Waals surface area contributed by atoms with Crippen molar-refractivity contribution < 1.29 is 0 Å². The molecule has 1 aromatic heterocycles. The van der Waals surface area contributed by atoms with Crippen molar-refractivity contribution in [1.29, 1.82) is 0 Å². The van der Waals surface area contributed by atoms with Gasteiger partial charge in [-0.05, 0) is 30.2 Å². The van der Waals surface area contributed by atoms with Gasteiger partial charge in [0, 0.05) is 17.1 Å². The quantitative estimate of drug-likeness (QED) is 0.633. The molecule has 0 aliphatic carbocycles. The lowest BCUT2D eigenvalue weighted by molar-refractivity contribution is 1.15. The third-order valence-electron chi connectivity index (χ3n) is 1.99. The van der Waals surface area contributed by atoms with E-state index in [4.69, 9.17) is 0 Å². The molecule has 0 aliphatic heterocycles. The van der Waals surface area contributed by atoms with Gasteiger partial charge in [-0.25, -0.2) is 0 Å². The van der Waals surface area contributed by atoms with E-state index in [1.165, 1.54) is 16.5 Å². The summed E-state index contributed by atoms with van der Waals surface area (Å²) >= 11 is 0. The van der Waals surface area contributed by atoms with Crippen LogP contribution < -0.4 is 0 Å². The molecule has 1 heteroatoms. The van der Waals surface area contributed by atoms with E-state index in [9.17, 15) is 0 Å². The number of aromatic nitrogens is 1. The van der Waals surface area contributed by atoms with Crippen molar-refractivity contribution in [2.45, 2.75) is 13.3 Å². The van der Waals surface area contributed by atoms with Gasteiger partial charge in [0.15, 0.2) is 0 Å². The number of hydrogen-bond donors (Lipinski definition) is 1. The molecule has 1 aromatic carbocycles. The summed E-state index contributed by atoms with van der Waals surface area (Å²) in [4.78, 5) is 3.22. The SMILES string of the molecule is CCc1c[nH]c2cc[c]cc12. The summed E-state index contributed by atoms with van der Waals surface area (Å²) in [5, 5.41) is 1.30. The average molecular weight is 144 g/mol. The summed E-state index contributed by atoms with van der Waals surface area (Å²) < 4.78 is 0. The van der Waals surface area contributed by atoms with Gasteiger partial charge in [-0.15, -0.1) is 0 Å². The van der Waals surface area contributed by atoms with E-state index in [2.05, 4.69) is 30.2 Å². The second-order valence-electron chi connectivity index (χ2n) is 2.64. The van der Waals surface area contributed by atoms with Crippen molar-refractivity contribution in [3.05, 3.63) is 36.0 Å². The van der Waals surface area contributed by atoms with Crippen molar-refractivity contribution in [3.8, 4) is 0 Å². The molecule has 55 valence electrons. The Hall–Kier alpha value is -1.24. The number of H-pyrrole nitrogens is 1. The fourth-order valence-electron chi connectivity index (χ4n) is 1.36. The van der Waals surface area contributed by atoms with Crippen molar-refractivity contribution in [2.24, 2.45) is 0 Å². The second kappa shape index (κ2) is 2.42. The fraction of sp³-hybridized carbons (Fsp3) is 0.200. The van der Waals surface area contributed by atoms with Crippen molar-refractivity contribution in [1.82, 2.24) is 4.98 Å². The van der Waals surface area contributed by atoms with Gasteiger partial charge in [-0.3, -0.25) is 0 Å². The molecule has 0 saturated heterocycles. The number of nitrogens with one attached hydrogen (secondary N) is 1. The highest BCUT2D eigenvalue weighted by atomic mass is 14.7. The zero-order valence-corrected chi connectivity index (χ0v) is 6.52. The molecule has 2 aromatic rings. The van der Waals surface area contributed by atoms with Gasteiger partial charge < -0.3 is 4.98 Å². The highest BCUT2D eigenvalue weighted by molar-refractivity contribution is 5.82. The molecule has 0 bridgehead atoms. The van der Waals surface area contributed by atoms with Gasteiger partial charge in [0.25, 0.3) is 0 Å². The van der Waals surface area contributed by atoms with Crippen LogP contribution in [0.15, 0.2) is 24.4 Å². The summed E-state index contributed by atoms with van der Waals surface area (Å²) in [7, 11) is 0. The summed E-state index contributed by atoms with van der Waals surface area (Å²) in [6.45, 7) is 2.16. The topological polar surface area (TPSA) is 15.8 Å². The molecule has 0 unspecified atom stereocenters. The number of benzene rings is 1. The minimum absolute atomic E-state index is 1.08. The van der Waals surface area contributed by atoms with Crippen LogP contribution in [0, 0.1) is 6.07 Å². The molecular weight excluding hydrogens is 134 g/mol. The number of rotatable bonds is 1. The minimum Gasteiger partial charge on any atom is -0.361 e. The minimum atomic E-state index is 1.08. The molecule has 0 spiro atoms. The number of fused-ring (bicyclic) bond motifs is 1. The van der Waals surface area contributed by atoms with E-state index in [1.807, 2.05) is 12.1 Å². The van der Waals surface area contributed by atoms with Gasteiger partial charge >= 0.3 is 0 Å². The third kappa shape index (κ3) is 0.929. The first kappa shape index (κ1) is 6.47. The Labute approximate surface area is 66.1 Å². The summed E-state index contributed by atoms with van der Waals surface area (Å²) in [6, 6.07) is 9.09. The largest absolute Gasteiger partial charge is 0.361 e. The molecule has 0 saturated carbocycles. The number of aryl methyl sites for hydroxylation is 1. The van der Waals surface area contributed by atoms with Gasteiger partial charge in [-0.2, -0.15) is 0 Å². The molecule has 0 fully saturated rings. The van der Waals surface area contributed by atoms with Crippen LogP contribution in [0.25, 0.3) is 10.9 Å². The molecule has 1 radical (unpaired) electrons. The van der Waals surface area contributed by atoms with E-state index < -0.39 is 0 Å². The molecule has 0 aliphatic rings. The van der Waals surface area contributed by atoms with Crippen LogP contribution in [0.5, 0.6) is 0 Å². The van der Waals surface area contributed by atoms with Crippen molar-refractivity contribution in [2.75, 3.05) is 0 Å². The average Bonchev–Trinajstić information content (AvgIpc) is 2.47. The molecule has 0 amide bonds. The predicted molar refractivity (Wildman–Crippen MR) is 46.5 cm³/mol. The first-order valence-corrected chi connectivity index (χ1v) is 3.88. The van der Waals surface area contributed by atoms with Crippen LogP contribution in [-0.4, -0.2) is 4.98 Å². The Kier molecular flexibility index (Phi) is 1.42. The normalized spacial score (nSPS) is 10.6. The lowest BCUT2D eigenvalue weighted by atomic mass is 10.1. The first-order chi connectivity index (χ1) is 5.42. The zero-order valence-electron chi connectivity index (χ0n) is 6.52. The fourth-order valence-corrected chi connectivity index (χ4v) is 1.36. The highest BCUT2D eigenvalue weighted by Gasteiger charge is 1.98. The highest BCUT2D eigenvalue weighted by Crippen LogP contribution is 2.16. The molecule has 11 heavy (non-hydrogen) atoms. The summed E-state index contributed by atoms with van der Waals surface area (Å²) in [5.41, 5.74) is 2.58. The molecule has 0 atom stereocenters. The van der Waals surface area contributed by atoms with E-state index in [0.29, 0.717) is 0 Å². The van der Waals surface area contributed by atoms with Crippen molar-refractivity contribution >= 4 is 10.9 Å². The predicted octanol–water partition coefficient (Wildman–Crippen LogP) is 2.53. The number of hydrogen-bond acceptors (Lipinski definition) is 0. The Morgan fingerprint density at radius 1 is 1.55 bits per heavy atom. The Bertz CT molecular complexity index is 360. The smallest absolute Gasteiger partial charge is 0.0457 e. The first-order valence-electron chi connectivity index (χ1n) is 3.88. The van der Waals surface area contributed by atoms with Crippen LogP contribution in [0.1, 0.15) is 12.5 Å². The summed E-state index contributed by atoms with van der Waals surface area (Å²) in [6.07, 6.45) is 3.15. The van der Waals surface area contributed by atoms with Crippen LogP contribution in [-0.2, 0) is 6.42 Å². The van der Waals surface area contributed by atoms with E-state index in [1.54, 1.807) is 0 Å². The Morgan fingerprint density at radius 3 is 3.27 bits per heavy atom. The van der Waals surface area contributed by atoms with Crippen LogP contribution in [0.3, 0.4) is 0 Å². The van der Waals surface area contributed by atoms with Gasteiger partial charge in [0.1, 0.15) is 0 Å². The molecule has 2 rings (SSSR count). The van der Waals surface area contributed by atoms with E-state index in [0.717, 1.165) is 6.42 Å². The van der Waals surface area contributed by atoms with Crippen LogP contribution in [0.4, 0.5) is 0 Å². The third-order valence-corrected chi connectivity index (χ3v) is 1.99. The Morgan fingerprint density at radius 2 is 2.45 bits per heavy atom. The molecular formula is C10H10N.